The Morgan fingerprint density at radius 2 is 1.91 bits per heavy atom. The fourth-order valence-electron chi connectivity index (χ4n) is 4.73. The van der Waals surface area contributed by atoms with Crippen molar-refractivity contribution in [3.8, 4) is 17.1 Å². The molecule has 1 aliphatic rings. The maximum atomic E-state index is 15.2. The SMILES string of the molecule is CCN1C(C)CN(Cc2ccc(-c3cc(NSc4cc(Cl)cnc4OC)ccn3)c(F)c2)CC1C. The van der Waals surface area contributed by atoms with Crippen LogP contribution in [0.4, 0.5) is 10.1 Å². The van der Waals surface area contributed by atoms with Crippen molar-refractivity contribution < 1.29 is 9.13 Å². The van der Waals surface area contributed by atoms with Crippen LogP contribution < -0.4 is 9.46 Å². The molecule has 0 spiro atoms. The number of methoxy groups -OCH3 is 1. The van der Waals surface area contributed by atoms with Crippen molar-refractivity contribution in [1.82, 2.24) is 19.8 Å². The highest BCUT2D eigenvalue weighted by atomic mass is 35.5. The normalized spacial score (nSPS) is 19.0. The second-order valence-electron chi connectivity index (χ2n) is 8.83. The summed E-state index contributed by atoms with van der Waals surface area (Å²) in [5.74, 6) is 0.205. The van der Waals surface area contributed by atoms with Gasteiger partial charge in [0.15, 0.2) is 0 Å². The summed E-state index contributed by atoms with van der Waals surface area (Å²) in [6.07, 6.45) is 3.20. The quantitative estimate of drug-likeness (QED) is 0.370. The third-order valence-electron chi connectivity index (χ3n) is 6.27. The van der Waals surface area contributed by atoms with Crippen LogP contribution in [0.3, 0.4) is 0 Å². The fourth-order valence-corrected chi connectivity index (χ4v) is 5.72. The van der Waals surface area contributed by atoms with Gasteiger partial charge in [-0.3, -0.25) is 14.8 Å². The van der Waals surface area contributed by atoms with E-state index in [2.05, 4.69) is 45.3 Å². The van der Waals surface area contributed by atoms with Crippen LogP contribution in [0.25, 0.3) is 11.3 Å². The number of hydrogen-bond donors (Lipinski definition) is 1. The number of ether oxygens (including phenoxy) is 1. The van der Waals surface area contributed by atoms with Gasteiger partial charge in [-0.2, -0.15) is 0 Å². The van der Waals surface area contributed by atoms with Gasteiger partial charge in [0.05, 0.1) is 22.7 Å². The Morgan fingerprint density at radius 1 is 1.14 bits per heavy atom. The van der Waals surface area contributed by atoms with Crippen LogP contribution in [-0.4, -0.2) is 58.6 Å². The van der Waals surface area contributed by atoms with E-state index < -0.39 is 0 Å². The molecule has 3 heterocycles. The minimum atomic E-state index is -0.270. The van der Waals surface area contributed by atoms with Crippen molar-refractivity contribution >= 4 is 29.2 Å². The molecule has 6 nitrogen and oxygen atoms in total. The van der Waals surface area contributed by atoms with Crippen LogP contribution in [0.5, 0.6) is 5.88 Å². The van der Waals surface area contributed by atoms with E-state index >= 15 is 4.39 Å². The van der Waals surface area contributed by atoms with Gasteiger partial charge in [0, 0.05) is 55.4 Å². The zero-order valence-corrected chi connectivity index (χ0v) is 22.0. The number of likely N-dealkylation sites (N-methyl/N-ethyl adjacent to an activating group) is 1. The molecule has 0 radical (unpaired) electrons. The van der Waals surface area contributed by atoms with Crippen LogP contribution in [-0.2, 0) is 6.54 Å². The zero-order chi connectivity index (χ0) is 24.9. The van der Waals surface area contributed by atoms with Crippen molar-refractivity contribution in [2.45, 2.75) is 44.3 Å². The van der Waals surface area contributed by atoms with E-state index in [4.69, 9.17) is 16.3 Å². The summed E-state index contributed by atoms with van der Waals surface area (Å²) in [7, 11) is 1.56. The lowest BCUT2D eigenvalue weighted by atomic mass is 10.0. The van der Waals surface area contributed by atoms with Crippen molar-refractivity contribution in [3.63, 3.8) is 0 Å². The van der Waals surface area contributed by atoms with Gasteiger partial charge >= 0.3 is 0 Å². The fraction of sp³-hybridized carbons (Fsp3) is 0.385. The maximum absolute atomic E-state index is 15.2. The van der Waals surface area contributed by atoms with Crippen molar-refractivity contribution in [2.24, 2.45) is 0 Å². The summed E-state index contributed by atoms with van der Waals surface area (Å²) in [6, 6.07) is 11.9. The summed E-state index contributed by atoms with van der Waals surface area (Å²) in [5, 5.41) is 0.517. The van der Waals surface area contributed by atoms with Gasteiger partial charge in [0.2, 0.25) is 5.88 Å². The summed E-state index contributed by atoms with van der Waals surface area (Å²) >= 11 is 7.38. The number of nitrogens with one attached hydrogen (secondary N) is 1. The number of piperazine rings is 1. The first kappa shape index (κ1) is 25.7. The first-order chi connectivity index (χ1) is 16.9. The average Bonchev–Trinajstić information content (AvgIpc) is 2.83. The number of anilines is 1. The minimum absolute atomic E-state index is 0.270. The molecular formula is C26H31ClFN5OS. The van der Waals surface area contributed by atoms with E-state index in [0.717, 1.165) is 42.3 Å². The first-order valence-electron chi connectivity index (χ1n) is 11.7. The smallest absolute Gasteiger partial charge is 0.228 e. The Balaban J connectivity index is 1.44. The topological polar surface area (TPSA) is 53.5 Å². The van der Waals surface area contributed by atoms with Crippen molar-refractivity contribution in [1.29, 1.82) is 0 Å². The van der Waals surface area contributed by atoms with Gasteiger partial charge in [-0.25, -0.2) is 9.37 Å². The van der Waals surface area contributed by atoms with Gasteiger partial charge in [-0.1, -0.05) is 24.6 Å². The van der Waals surface area contributed by atoms with Crippen LogP contribution in [0, 0.1) is 5.82 Å². The Kier molecular flexibility index (Phi) is 8.49. The molecule has 1 saturated heterocycles. The number of pyridine rings is 2. The molecule has 4 rings (SSSR count). The Morgan fingerprint density at radius 3 is 2.60 bits per heavy atom. The molecular weight excluding hydrogens is 485 g/mol. The molecule has 1 fully saturated rings. The van der Waals surface area contributed by atoms with Gasteiger partial charge in [0.1, 0.15) is 5.82 Å². The Bertz CT molecular complexity index is 1150. The summed E-state index contributed by atoms with van der Waals surface area (Å²) in [5.41, 5.74) is 2.79. The number of benzene rings is 1. The van der Waals surface area contributed by atoms with Gasteiger partial charge in [-0.05, 0) is 68.2 Å². The summed E-state index contributed by atoms with van der Waals surface area (Å²) in [6.45, 7) is 10.5. The molecule has 0 amide bonds. The van der Waals surface area contributed by atoms with E-state index in [0.29, 0.717) is 34.2 Å². The van der Waals surface area contributed by atoms with E-state index in [-0.39, 0.29) is 5.82 Å². The van der Waals surface area contributed by atoms with Crippen LogP contribution in [0.2, 0.25) is 5.02 Å². The van der Waals surface area contributed by atoms with Crippen molar-refractivity contribution in [3.05, 3.63) is 65.2 Å². The van der Waals surface area contributed by atoms with E-state index in [1.165, 1.54) is 18.1 Å². The third kappa shape index (κ3) is 6.25. The first-order valence-corrected chi connectivity index (χ1v) is 12.9. The lowest BCUT2D eigenvalue weighted by Crippen LogP contribution is -2.56. The van der Waals surface area contributed by atoms with E-state index in [1.807, 2.05) is 24.3 Å². The highest BCUT2D eigenvalue weighted by Gasteiger charge is 2.28. The van der Waals surface area contributed by atoms with Gasteiger partial charge in [0.25, 0.3) is 0 Å². The van der Waals surface area contributed by atoms with Crippen LogP contribution in [0.1, 0.15) is 26.3 Å². The Labute approximate surface area is 216 Å². The molecule has 1 aliphatic heterocycles. The van der Waals surface area contributed by atoms with Crippen LogP contribution in [0.15, 0.2) is 53.7 Å². The molecule has 1 aromatic carbocycles. The second kappa shape index (κ2) is 11.6. The maximum Gasteiger partial charge on any atom is 0.228 e. The molecule has 2 aromatic heterocycles. The van der Waals surface area contributed by atoms with Gasteiger partial charge in [-0.15, -0.1) is 0 Å². The largest absolute Gasteiger partial charge is 0.480 e. The molecule has 186 valence electrons. The lowest BCUT2D eigenvalue weighted by Gasteiger charge is -2.44. The molecule has 0 aliphatic carbocycles. The molecule has 2 atom stereocenters. The molecule has 9 heteroatoms. The highest BCUT2D eigenvalue weighted by molar-refractivity contribution is 8.00. The van der Waals surface area contributed by atoms with Crippen LogP contribution >= 0.6 is 23.5 Å². The minimum Gasteiger partial charge on any atom is -0.480 e. The standard InChI is InChI=1S/C26H31ClFN5OS/c1-5-33-17(2)14-32(15-18(33)3)16-19-6-7-22(23(28)10-19)24-12-21(8-9-29-24)31-35-25-11-20(27)13-30-26(25)34-4/h6-13,17-18H,5,14-16H2,1-4H3,(H,29,31). The molecule has 1 N–H and O–H groups in total. The molecule has 0 saturated carbocycles. The molecule has 0 bridgehead atoms. The Hall–Kier alpha value is -2.39. The van der Waals surface area contributed by atoms with E-state index in [1.54, 1.807) is 25.4 Å². The molecule has 2 unspecified atom stereocenters. The monoisotopic (exact) mass is 515 g/mol. The number of nitrogens with zero attached hydrogens (tertiary/aromatic N) is 4. The number of hydrogen-bond acceptors (Lipinski definition) is 7. The predicted molar refractivity (Wildman–Crippen MR) is 141 cm³/mol. The lowest BCUT2D eigenvalue weighted by molar-refractivity contribution is 0.0392. The number of rotatable bonds is 8. The second-order valence-corrected chi connectivity index (χ2v) is 10.1. The zero-order valence-electron chi connectivity index (χ0n) is 20.5. The van der Waals surface area contributed by atoms with E-state index in [9.17, 15) is 0 Å². The third-order valence-corrected chi connectivity index (χ3v) is 7.33. The summed E-state index contributed by atoms with van der Waals surface area (Å²) in [4.78, 5) is 14.2. The number of aromatic nitrogens is 2. The molecule has 35 heavy (non-hydrogen) atoms. The van der Waals surface area contributed by atoms with Gasteiger partial charge < -0.3 is 9.46 Å². The summed E-state index contributed by atoms with van der Waals surface area (Å²) < 4.78 is 23.7. The average molecular weight is 516 g/mol. The number of halogens is 2. The van der Waals surface area contributed by atoms with Crippen molar-refractivity contribution in [2.75, 3.05) is 31.5 Å². The highest BCUT2D eigenvalue weighted by Crippen LogP contribution is 2.32. The predicted octanol–water partition coefficient (Wildman–Crippen LogP) is 5.98. The molecule has 3 aromatic rings.